The Hall–Kier alpha value is -3.47. The number of thiazole rings is 1. The van der Waals surface area contributed by atoms with Gasteiger partial charge < -0.3 is 4.90 Å². The molecular formula is C22H19F3N4O3S. The zero-order valence-electron chi connectivity index (χ0n) is 17.3. The number of hydrogen-bond donors (Lipinski definition) is 1. The number of rotatable bonds is 5. The number of carbonyl (C=O) groups is 1. The minimum absolute atomic E-state index is 0.0982. The number of alkyl halides is 3. The molecule has 1 saturated heterocycles. The molecule has 1 N–H and O–H groups in total. The minimum Gasteiger partial charge on any atom is -0.372 e. The molecule has 1 aromatic heterocycles. The number of nitro groups is 1. The van der Waals surface area contributed by atoms with Gasteiger partial charge in [0, 0.05) is 31.0 Å². The van der Waals surface area contributed by atoms with Crippen molar-refractivity contribution < 1.29 is 22.9 Å². The van der Waals surface area contributed by atoms with E-state index in [-0.39, 0.29) is 16.4 Å². The molecular weight excluding hydrogens is 457 g/mol. The number of carbonyl (C=O) groups excluding carboxylic acids is 1. The Morgan fingerprint density at radius 2 is 1.88 bits per heavy atom. The van der Waals surface area contributed by atoms with Gasteiger partial charge in [0.1, 0.15) is 5.56 Å². The lowest BCUT2D eigenvalue weighted by atomic mass is 10.1. The Balaban J connectivity index is 1.58. The summed E-state index contributed by atoms with van der Waals surface area (Å²) in [5, 5.41) is 14.1. The number of halogens is 3. The molecule has 0 radical (unpaired) electrons. The summed E-state index contributed by atoms with van der Waals surface area (Å²) in [7, 11) is 0. The van der Waals surface area contributed by atoms with E-state index in [0.29, 0.717) is 10.4 Å². The lowest BCUT2D eigenvalue weighted by Gasteiger charge is -2.29. The molecule has 0 saturated carbocycles. The number of nitrogens with one attached hydrogen (secondary N) is 1. The second kappa shape index (κ2) is 9.18. The van der Waals surface area contributed by atoms with Crippen molar-refractivity contribution in [2.45, 2.75) is 25.4 Å². The molecule has 1 aliphatic heterocycles. The molecule has 11 heteroatoms. The number of amides is 1. The van der Waals surface area contributed by atoms with Gasteiger partial charge in [-0.3, -0.25) is 20.2 Å². The van der Waals surface area contributed by atoms with Gasteiger partial charge >= 0.3 is 6.18 Å². The second-order valence-electron chi connectivity index (χ2n) is 7.57. The number of benzene rings is 2. The topological polar surface area (TPSA) is 88.4 Å². The Morgan fingerprint density at radius 3 is 2.58 bits per heavy atom. The highest BCUT2D eigenvalue weighted by atomic mass is 32.1. The van der Waals surface area contributed by atoms with Crippen LogP contribution >= 0.6 is 11.3 Å². The van der Waals surface area contributed by atoms with Gasteiger partial charge in [-0.1, -0.05) is 23.5 Å². The summed E-state index contributed by atoms with van der Waals surface area (Å²) in [6, 6.07) is 9.24. The van der Waals surface area contributed by atoms with Gasteiger partial charge in [0.2, 0.25) is 0 Å². The van der Waals surface area contributed by atoms with Gasteiger partial charge in [-0.2, -0.15) is 13.2 Å². The van der Waals surface area contributed by atoms with Gasteiger partial charge in [-0.15, -0.1) is 0 Å². The van der Waals surface area contributed by atoms with Crippen molar-refractivity contribution in [3.8, 4) is 10.4 Å². The Labute approximate surface area is 191 Å². The van der Waals surface area contributed by atoms with Gasteiger partial charge in [0.25, 0.3) is 11.6 Å². The molecule has 0 spiro atoms. The monoisotopic (exact) mass is 476 g/mol. The molecule has 3 aromatic rings. The van der Waals surface area contributed by atoms with E-state index >= 15 is 0 Å². The molecule has 1 amide bonds. The first-order valence-electron chi connectivity index (χ1n) is 10.2. The zero-order chi connectivity index (χ0) is 23.6. The third-order valence-corrected chi connectivity index (χ3v) is 6.31. The van der Waals surface area contributed by atoms with Crippen LogP contribution in [0.2, 0.25) is 0 Å². The van der Waals surface area contributed by atoms with Gasteiger partial charge in [-0.05, 0) is 49.1 Å². The maximum atomic E-state index is 13.0. The van der Waals surface area contributed by atoms with E-state index in [4.69, 9.17) is 0 Å². The van der Waals surface area contributed by atoms with Crippen molar-refractivity contribution in [1.29, 1.82) is 0 Å². The van der Waals surface area contributed by atoms with E-state index in [1.54, 1.807) is 6.07 Å². The summed E-state index contributed by atoms with van der Waals surface area (Å²) in [6.45, 7) is 1.62. The number of nitrogens with zero attached hydrogens (tertiary/aromatic N) is 3. The minimum atomic E-state index is -4.48. The van der Waals surface area contributed by atoms with Crippen molar-refractivity contribution in [3.05, 3.63) is 69.9 Å². The molecule has 7 nitrogen and oxygen atoms in total. The Bertz CT molecular complexity index is 1190. The molecule has 2 heterocycles. The van der Waals surface area contributed by atoms with Crippen LogP contribution in [0.25, 0.3) is 10.4 Å². The maximum absolute atomic E-state index is 13.0. The lowest BCUT2D eigenvalue weighted by molar-refractivity contribution is -0.385. The quantitative estimate of drug-likeness (QED) is 0.362. The molecule has 4 rings (SSSR count). The van der Waals surface area contributed by atoms with Crippen LogP contribution < -0.4 is 10.2 Å². The SMILES string of the molecule is O=C(Nc1ncc(-c2cccc(C(F)(F)F)c2)s1)c1cc(N2CCCCC2)ccc1[N+](=O)[O-]. The van der Waals surface area contributed by atoms with Crippen LogP contribution in [-0.2, 0) is 6.18 Å². The molecule has 0 atom stereocenters. The average Bonchev–Trinajstić information content (AvgIpc) is 3.27. The summed E-state index contributed by atoms with van der Waals surface area (Å²) in [5.74, 6) is -0.703. The molecule has 1 fully saturated rings. The fraction of sp³-hybridized carbons (Fsp3) is 0.273. The van der Waals surface area contributed by atoms with Crippen LogP contribution in [0, 0.1) is 10.1 Å². The molecule has 1 aliphatic rings. The van der Waals surface area contributed by atoms with E-state index in [0.717, 1.165) is 61.5 Å². The van der Waals surface area contributed by atoms with Crippen molar-refractivity contribution in [1.82, 2.24) is 4.98 Å². The first kappa shape index (κ1) is 22.7. The highest BCUT2D eigenvalue weighted by Gasteiger charge is 2.30. The highest BCUT2D eigenvalue weighted by molar-refractivity contribution is 7.19. The van der Waals surface area contributed by atoms with Crippen LogP contribution in [0.3, 0.4) is 0 Å². The maximum Gasteiger partial charge on any atom is 0.416 e. The molecule has 0 bridgehead atoms. The standard InChI is InChI=1S/C22H19F3N4O3S/c23-22(24,25)15-6-4-5-14(11-15)19-13-26-21(33-19)27-20(30)17-12-16(7-8-18(17)29(31)32)28-9-2-1-3-10-28/h4-8,11-13H,1-3,9-10H2,(H,26,27,30). The lowest BCUT2D eigenvalue weighted by Crippen LogP contribution is -2.29. The van der Waals surface area contributed by atoms with Crippen molar-refractivity contribution >= 4 is 33.8 Å². The number of anilines is 2. The molecule has 0 aliphatic carbocycles. The summed E-state index contributed by atoms with van der Waals surface area (Å²) < 4.78 is 39.0. The average molecular weight is 476 g/mol. The van der Waals surface area contributed by atoms with E-state index < -0.39 is 22.6 Å². The van der Waals surface area contributed by atoms with Crippen molar-refractivity contribution in [2.24, 2.45) is 0 Å². The predicted molar refractivity (Wildman–Crippen MR) is 120 cm³/mol. The van der Waals surface area contributed by atoms with Gasteiger partial charge in [0.05, 0.1) is 15.4 Å². The molecule has 33 heavy (non-hydrogen) atoms. The van der Waals surface area contributed by atoms with E-state index in [1.807, 2.05) is 0 Å². The van der Waals surface area contributed by atoms with Crippen molar-refractivity contribution in [3.63, 3.8) is 0 Å². The highest BCUT2D eigenvalue weighted by Crippen LogP contribution is 2.35. The fourth-order valence-corrected chi connectivity index (χ4v) is 4.50. The predicted octanol–water partition coefficient (Wildman–Crippen LogP) is 5.98. The first-order valence-corrected chi connectivity index (χ1v) is 11.0. The largest absolute Gasteiger partial charge is 0.416 e. The van der Waals surface area contributed by atoms with Crippen LogP contribution in [0.15, 0.2) is 48.7 Å². The normalized spacial score (nSPS) is 14.2. The van der Waals surface area contributed by atoms with E-state index in [9.17, 15) is 28.1 Å². The summed E-state index contributed by atoms with van der Waals surface area (Å²) in [4.78, 5) is 30.3. The number of piperidine rings is 1. The van der Waals surface area contributed by atoms with Crippen LogP contribution in [0.1, 0.15) is 35.2 Å². The smallest absolute Gasteiger partial charge is 0.372 e. The van der Waals surface area contributed by atoms with Crippen molar-refractivity contribution in [2.75, 3.05) is 23.3 Å². The number of hydrogen-bond acceptors (Lipinski definition) is 6. The van der Waals surface area contributed by atoms with Gasteiger partial charge in [-0.25, -0.2) is 4.98 Å². The Morgan fingerprint density at radius 1 is 1.12 bits per heavy atom. The summed E-state index contributed by atoms with van der Waals surface area (Å²) in [5.41, 5.74) is -0.180. The third kappa shape index (κ3) is 5.14. The van der Waals surface area contributed by atoms with Gasteiger partial charge in [0.15, 0.2) is 5.13 Å². The second-order valence-corrected chi connectivity index (χ2v) is 8.60. The van der Waals surface area contributed by atoms with E-state index in [1.165, 1.54) is 30.5 Å². The third-order valence-electron chi connectivity index (χ3n) is 5.34. The molecule has 2 aromatic carbocycles. The van der Waals surface area contributed by atoms with Crippen LogP contribution in [-0.4, -0.2) is 28.9 Å². The summed E-state index contributed by atoms with van der Waals surface area (Å²) >= 11 is 0.984. The molecule has 0 unspecified atom stereocenters. The van der Waals surface area contributed by atoms with Crippen LogP contribution in [0.5, 0.6) is 0 Å². The van der Waals surface area contributed by atoms with Crippen LogP contribution in [0.4, 0.5) is 29.7 Å². The molecule has 172 valence electrons. The fourth-order valence-electron chi connectivity index (χ4n) is 3.69. The summed E-state index contributed by atoms with van der Waals surface area (Å²) in [6.07, 6.45) is 0.0192. The zero-order valence-corrected chi connectivity index (χ0v) is 18.1. The number of nitro benzene ring substituents is 1. The van der Waals surface area contributed by atoms with E-state index in [2.05, 4.69) is 15.2 Å². The number of aromatic nitrogens is 1. The first-order chi connectivity index (χ1) is 15.7. The Kier molecular flexibility index (Phi) is 6.32.